The zero-order valence-electron chi connectivity index (χ0n) is 8.38. The van der Waals surface area contributed by atoms with Crippen LogP contribution in [0.4, 0.5) is 13.2 Å². The molecule has 0 aliphatic rings. The molecule has 0 atom stereocenters. The third-order valence-corrected chi connectivity index (χ3v) is 2.04. The maximum atomic E-state index is 12.4. The molecule has 90 valence electrons. The topological polar surface area (TPSA) is 37.3 Å². The molecular formula is C11H7F3O2S. The van der Waals surface area contributed by atoms with Crippen LogP contribution in [0.3, 0.4) is 0 Å². The fourth-order valence-electron chi connectivity index (χ4n) is 1.15. The molecule has 0 aliphatic carbocycles. The van der Waals surface area contributed by atoms with Crippen molar-refractivity contribution in [2.75, 3.05) is 5.75 Å². The Morgan fingerprint density at radius 2 is 2.06 bits per heavy atom. The summed E-state index contributed by atoms with van der Waals surface area (Å²) in [7, 11) is 0. The van der Waals surface area contributed by atoms with E-state index in [9.17, 15) is 18.0 Å². The van der Waals surface area contributed by atoms with Gasteiger partial charge in [-0.05, 0) is 18.2 Å². The molecule has 0 radical (unpaired) electrons. The van der Waals surface area contributed by atoms with Gasteiger partial charge in [0.05, 0.1) is 16.9 Å². The van der Waals surface area contributed by atoms with Crippen molar-refractivity contribution in [1.82, 2.24) is 0 Å². The first-order valence-electron chi connectivity index (χ1n) is 4.40. The van der Waals surface area contributed by atoms with Crippen LogP contribution in [-0.4, -0.2) is 16.8 Å². The summed E-state index contributed by atoms with van der Waals surface area (Å²) in [4.78, 5) is 10.8. The molecule has 1 rings (SSSR count). The average molecular weight is 260 g/mol. The van der Waals surface area contributed by atoms with E-state index in [1.165, 1.54) is 0 Å². The van der Waals surface area contributed by atoms with E-state index in [0.717, 1.165) is 18.2 Å². The standard InChI is InChI=1S/C11H7F3O2S/c12-11(13,14)8-3-4-9(10(15)16)7(6-8)2-1-5-17/h3-4,6,17H,5H2,(H,15,16). The van der Waals surface area contributed by atoms with Gasteiger partial charge in [0.1, 0.15) is 0 Å². The highest BCUT2D eigenvalue weighted by Crippen LogP contribution is 2.30. The van der Waals surface area contributed by atoms with Crippen LogP contribution in [-0.2, 0) is 6.18 Å². The van der Waals surface area contributed by atoms with Crippen LogP contribution >= 0.6 is 12.6 Å². The minimum absolute atomic E-state index is 0.134. The van der Waals surface area contributed by atoms with E-state index in [1.807, 2.05) is 0 Å². The third-order valence-electron chi connectivity index (χ3n) is 1.88. The van der Waals surface area contributed by atoms with E-state index in [-0.39, 0.29) is 16.9 Å². The summed E-state index contributed by atoms with van der Waals surface area (Å²) >= 11 is 3.78. The van der Waals surface area contributed by atoms with Gasteiger partial charge < -0.3 is 5.11 Å². The van der Waals surface area contributed by atoms with E-state index in [2.05, 4.69) is 24.5 Å². The zero-order chi connectivity index (χ0) is 13.1. The number of hydrogen-bond donors (Lipinski definition) is 2. The number of carbonyl (C=O) groups is 1. The van der Waals surface area contributed by atoms with Crippen molar-refractivity contribution in [1.29, 1.82) is 0 Å². The van der Waals surface area contributed by atoms with E-state index in [0.29, 0.717) is 0 Å². The lowest BCUT2D eigenvalue weighted by Crippen LogP contribution is -2.08. The lowest BCUT2D eigenvalue weighted by molar-refractivity contribution is -0.137. The molecule has 1 aromatic rings. The summed E-state index contributed by atoms with van der Waals surface area (Å²) in [6.45, 7) is 0. The monoisotopic (exact) mass is 260 g/mol. The fourth-order valence-corrected chi connectivity index (χ4v) is 1.22. The van der Waals surface area contributed by atoms with Gasteiger partial charge in [-0.1, -0.05) is 11.8 Å². The molecule has 2 nitrogen and oxygen atoms in total. The van der Waals surface area contributed by atoms with Gasteiger partial charge in [0.15, 0.2) is 0 Å². The molecule has 0 amide bonds. The number of rotatable bonds is 1. The van der Waals surface area contributed by atoms with Gasteiger partial charge in [-0.25, -0.2) is 4.79 Å². The molecule has 0 saturated carbocycles. The normalized spacial score (nSPS) is 10.6. The number of hydrogen-bond acceptors (Lipinski definition) is 2. The van der Waals surface area contributed by atoms with Crippen molar-refractivity contribution >= 4 is 18.6 Å². The Hall–Kier alpha value is -1.61. The molecule has 0 aromatic heterocycles. The van der Waals surface area contributed by atoms with Crippen LogP contribution < -0.4 is 0 Å². The highest BCUT2D eigenvalue weighted by molar-refractivity contribution is 7.80. The molecule has 0 spiro atoms. The van der Waals surface area contributed by atoms with Crippen LogP contribution in [0.5, 0.6) is 0 Å². The first-order valence-corrected chi connectivity index (χ1v) is 5.03. The molecular weight excluding hydrogens is 253 g/mol. The van der Waals surface area contributed by atoms with Crippen molar-refractivity contribution in [3.05, 3.63) is 34.9 Å². The van der Waals surface area contributed by atoms with Gasteiger partial charge in [0, 0.05) is 5.56 Å². The maximum absolute atomic E-state index is 12.4. The zero-order valence-corrected chi connectivity index (χ0v) is 9.27. The number of aromatic carboxylic acids is 1. The van der Waals surface area contributed by atoms with E-state index >= 15 is 0 Å². The summed E-state index contributed by atoms with van der Waals surface area (Å²) in [6, 6.07) is 2.34. The average Bonchev–Trinajstić information content (AvgIpc) is 2.24. The molecule has 0 aliphatic heterocycles. The van der Waals surface area contributed by atoms with Gasteiger partial charge in [-0.15, -0.1) is 0 Å². The SMILES string of the molecule is O=C(O)c1ccc(C(F)(F)F)cc1C#CCS. The molecule has 0 bridgehead atoms. The summed E-state index contributed by atoms with van der Waals surface area (Å²) < 4.78 is 37.2. The van der Waals surface area contributed by atoms with E-state index in [1.54, 1.807) is 0 Å². The minimum Gasteiger partial charge on any atom is -0.478 e. The lowest BCUT2D eigenvalue weighted by Gasteiger charge is -2.08. The molecule has 0 fully saturated rings. The second-order valence-electron chi connectivity index (χ2n) is 3.02. The van der Waals surface area contributed by atoms with Crippen molar-refractivity contribution in [3.8, 4) is 11.8 Å². The van der Waals surface area contributed by atoms with Crippen LogP contribution in [0.25, 0.3) is 0 Å². The Morgan fingerprint density at radius 3 is 2.53 bits per heavy atom. The second-order valence-corrected chi connectivity index (χ2v) is 3.34. The third kappa shape index (κ3) is 3.43. The molecule has 0 heterocycles. The smallest absolute Gasteiger partial charge is 0.416 e. The Morgan fingerprint density at radius 1 is 1.41 bits per heavy atom. The van der Waals surface area contributed by atoms with Crippen molar-refractivity contribution in [3.63, 3.8) is 0 Å². The summed E-state index contributed by atoms with van der Waals surface area (Å²) in [5, 5.41) is 8.79. The largest absolute Gasteiger partial charge is 0.478 e. The number of carboxylic acids is 1. The van der Waals surface area contributed by atoms with Crippen LogP contribution in [0, 0.1) is 11.8 Å². The maximum Gasteiger partial charge on any atom is 0.416 e. The molecule has 1 aromatic carbocycles. The van der Waals surface area contributed by atoms with Crippen LogP contribution in [0.2, 0.25) is 0 Å². The van der Waals surface area contributed by atoms with Gasteiger partial charge in [-0.2, -0.15) is 25.8 Å². The molecule has 6 heteroatoms. The Bertz CT molecular complexity index is 498. The summed E-state index contributed by atoms with van der Waals surface area (Å²) in [5.41, 5.74) is -1.35. The first kappa shape index (κ1) is 13.5. The van der Waals surface area contributed by atoms with E-state index < -0.39 is 17.7 Å². The highest BCUT2D eigenvalue weighted by atomic mass is 32.1. The summed E-state index contributed by atoms with van der Waals surface area (Å²) in [5.74, 6) is 3.59. The Balaban J connectivity index is 3.34. The predicted octanol–water partition coefficient (Wildman–Crippen LogP) is 2.68. The van der Waals surface area contributed by atoms with Gasteiger partial charge in [0.25, 0.3) is 0 Å². The number of benzene rings is 1. The van der Waals surface area contributed by atoms with Crippen molar-refractivity contribution in [2.24, 2.45) is 0 Å². The van der Waals surface area contributed by atoms with Crippen LogP contribution in [0.1, 0.15) is 21.5 Å². The van der Waals surface area contributed by atoms with Crippen molar-refractivity contribution < 1.29 is 23.1 Å². The lowest BCUT2D eigenvalue weighted by atomic mass is 10.0. The van der Waals surface area contributed by atoms with Crippen LogP contribution in [0.15, 0.2) is 18.2 Å². The highest BCUT2D eigenvalue weighted by Gasteiger charge is 2.31. The quantitative estimate of drug-likeness (QED) is 0.601. The van der Waals surface area contributed by atoms with Gasteiger partial charge in [-0.3, -0.25) is 0 Å². The van der Waals surface area contributed by atoms with Gasteiger partial charge in [0.2, 0.25) is 0 Å². The van der Waals surface area contributed by atoms with Gasteiger partial charge >= 0.3 is 12.1 Å². The van der Waals surface area contributed by atoms with E-state index in [4.69, 9.17) is 5.11 Å². The Kier molecular flexibility index (Phi) is 4.07. The molecule has 0 unspecified atom stereocenters. The fraction of sp³-hybridized carbons (Fsp3) is 0.182. The predicted molar refractivity (Wildman–Crippen MR) is 59.1 cm³/mol. The van der Waals surface area contributed by atoms with Crippen molar-refractivity contribution in [2.45, 2.75) is 6.18 Å². The molecule has 1 N–H and O–H groups in total. The number of alkyl halides is 3. The number of halogens is 3. The second kappa shape index (κ2) is 5.15. The first-order chi connectivity index (χ1) is 7.86. The Labute approximate surface area is 101 Å². The molecule has 17 heavy (non-hydrogen) atoms. The number of thiol groups is 1. The number of carboxylic acid groups (broad SMARTS) is 1. The molecule has 0 saturated heterocycles. The minimum atomic E-state index is -4.52. The summed E-state index contributed by atoms with van der Waals surface area (Å²) in [6.07, 6.45) is -4.52.